The van der Waals surface area contributed by atoms with Gasteiger partial charge >= 0.3 is 0 Å². The number of piperazine rings is 1. The van der Waals surface area contributed by atoms with Crippen LogP contribution in [0.25, 0.3) is 5.69 Å². The summed E-state index contributed by atoms with van der Waals surface area (Å²) >= 11 is 0. The predicted molar refractivity (Wildman–Crippen MR) is 110 cm³/mol. The summed E-state index contributed by atoms with van der Waals surface area (Å²) in [5, 5.41) is 0. The zero-order chi connectivity index (χ0) is 19.9. The van der Waals surface area contributed by atoms with Crippen LogP contribution in [0.1, 0.15) is 28.2 Å². The monoisotopic (exact) mass is 401 g/mol. The largest absolute Gasteiger partial charge is 0.336 e. The molecule has 7 heteroatoms. The molecule has 2 aliphatic heterocycles. The Morgan fingerprint density at radius 1 is 0.929 bits per heavy atom. The Morgan fingerprint density at radius 2 is 1.54 bits per heavy atom. The highest BCUT2D eigenvalue weighted by molar-refractivity contribution is 7.91. The van der Waals surface area contributed by atoms with Gasteiger partial charge in [-0.2, -0.15) is 0 Å². The van der Waals surface area contributed by atoms with Crippen molar-refractivity contribution in [2.75, 3.05) is 37.7 Å². The molecule has 2 aromatic rings. The van der Waals surface area contributed by atoms with Crippen LogP contribution in [0.15, 0.2) is 36.4 Å². The molecule has 1 aromatic carbocycles. The van der Waals surface area contributed by atoms with Crippen molar-refractivity contribution in [3.63, 3.8) is 0 Å². The topological polar surface area (TPSA) is 62.6 Å². The Bertz CT molecular complexity index is 951. The Morgan fingerprint density at radius 3 is 2.07 bits per heavy atom. The van der Waals surface area contributed by atoms with Gasteiger partial charge in [0.15, 0.2) is 9.84 Å². The fraction of sp³-hybridized carbons (Fsp3) is 0.476. The Hall–Kier alpha value is -2.12. The molecule has 28 heavy (non-hydrogen) atoms. The van der Waals surface area contributed by atoms with Crippen molar-refractivity contribution < 1.29 is 13.2 Å². The zero-order valence-electron chi connectivity index (χ0n) is 16.5. The first-order valence-corrected chi connectivity index (χ1v) is 11.7. The van der Waals surface area contributed by atoms with E-state index in [0.29, 0.717) is 24.4 Å². The van der Waals surface area contributed by atoms with E-state index in [1.165, 1.54) is 11.4 Å². The lowest BCUT2D eigenvalue weighted by atomic mass is 10.1. The van der Waals surface area contributed by atoms with Crippen molar-refractivity contribution in [1.82, 2.24) is 14.4 Å². The van der Waals surface area contributed by atoms with E-state index in [-0.39, 0.29) is 17.7 Å². The number of carbonyl (C=O) groups excluding carboxylic acids is 1. The van der Waals surface area contributed by atoms with Crippen molar-refractivity contribution in [2.45, 2.75) is 26.3 Å². The van der Waals surface area contributed by atoms with Crippen LogP contribution < -0.4 is 0 Å². The highest BCUT2D eigenvalue weighted by Gasteiger charge is 2.34. The van der Waals surface area contributed by atoms with Crippen LogP contribution in [0, 0.1) is 13.8 Å². The molecule has 0 N–H and O–H groups in total. The summed E-state index contributed by atoms with van der Waals surface area (Å²) in [6.45, 7) is 6.92. The van der Waals surface area contributed by atoms with E-state index in [2.05, 4.69) is 35.4 Å². The molecule has 0 bridgehead atoms. The molecule has 0 aliphatic carbocycles. The first-order valence-electron chi connectivity index (χ1n) is 9.83. The molecule has 150 valence electrons. The second-order valence-corrected chi connectivity index (χ2v) is 10.1. The van der Waals surface area contributed by atoms with Crippen LogP contribution in [0.4, 0.5) is 0 Å². The van der Waals surface area contributed by atoms with Gasteiger partial charge < -0.3 is 9.47 Å². The Labute approximate surface area is 166 Å². The highest BCUT2D eigenvalue weighted by atomic mass is 32.2. The maximum absolute atomic E-state index is 12.9. The zero-order valence-corrected chi connectivity index (χ0v) is 17.3. The molecule has 4 rings (SSSR count). The lowest BCUT2D eigenvalue weighted by Gasteiger charge is -2.37. The van der Waals surface area contributed by atoms with Crippen LogP contribution in [-0.2, 0) is 9.84 Å². The molecule has 1 atom stereocenters. The van der Waals surface area contributed by atoms with Gasteiger partial charge in [0.1, 0.15) is 0 Å². The molecule has 3 heterocycles. The van der Waals surface area contributed by atoms with Gasteiger partial charge in [-0.25, -0.2) is 8.42 Å². The smallest absolute Gasteiger partial charge is 0.253 e. The quantitative estimate of drug-likeness (QED) is 0.790. The molecule has 1 aromatic heterocycles. The third kappa shape index (κ3) is 3.73. The fourth-order valence-corrected chi connectivity index (χ4v) is 6.13. The van der Waals surface area contributed by atoms with Gasteiger partial charge in [-0.1, -0.05) is 0 Å². The summed E-state index contributed by atoms with van der Waals surface area (Å²) < 4.78 is 25.6. The minimum absolute atomic E-state index is 0.0474. The van der Waals surface area contributed by atoms with E-state index in [0.717, 1.165) is 25.2 Å². The second kappa shape index (κ2) is 7.37. The molecule has 2 aliphatic rings. The van der Waals surface area contributed by atoms with Crippen LogP contribution >= 0.6 is 0 Å². The molecule has 0 spiro atoms. The summed E-state index contributed by atoms with van der Waals surface area (Å²) in [4.78, 5) is 17.0. The first-order chi connectivity index (χ1) is 13.3. The van der Waals surface area contributed by atoms with E-state index >= 15 is 0 Å². The molecule has 0 radical (unpaired) electrons. The van der Waals surface area contributed by atoms with Gasteiger partial charge in [0.05, 0.1) is 11.5 Å². The van der Waals surface area contributed by atoms with Gasteiger partial charge in [0, 0.05) is 54.9 Å². The van der Waals surface area contributed by atoms with E-state index in [1.807, 2.05) is 29.2 Å². The molecular weight excluding hydrogens is 374 g/mol. The SMILES string of the molecule is Cc1ccc(C)n1-c1ccc(C(=O)N2CCN(C3CCS(=O)(=O)C3)CC2)cc1. The number of aromatic nitrogens is 1. The lowest BCUT2D eigenvalue weighted by molar-refractivity contribution is 0.0588. The number of nitrogens with zero attached hydrogens (tertiary/aromatic N) is 3. The standard InChI is InChI=1S/C21H27N3O3S/c1-16-3-4-17(2)24(16)19-7-5-18(6-8-19)21(25)23-12-10-22(11-13-23)20-9-14-28(26,27)15-20/h3-8,20H,9-15H2,1-2H3. The van der Waals surface area contributed by atoms with Gasteiger partial charge in [-0.3, -0.25) is 9.69 Å². The molecule has 2 fully saturated rings. The van der Waals surface area contributed by atoms with Gasteiger partial charge in [0.2, 0.25) is 0 Å². The van der Waals surface area contributed by atoms with Gasteiger partial charge in [0.25, 0.3) is 5.91 Å². The van der Waals surface area contributed by atoms with E-state index in [1.54, 1.807) is 0 Å². The number of benzene rings is 1. The summed E-state index contributed by atoms with van der Waals surface area (Å²) in [6, 6.07) is 12.1. The van der Waals surface area contributed by atoms with Crippen LogP contribution in [0.2, 0.25) is 0 Å². The molecule has 1 amide bonds. The van der Waals surface area contributed by atoms with E-state index in [4.69, 9.17) is 0 Å². The predicted octanol–water partition coefficient (Wildman–Crippen LogP) is 2.04. The molecule has 1 unspecified atom stereocenters. The number of sulfone groups is 1. The van der Waals surface area contributed by atoms with Crippen LogP contribution in [-0.4, -0.2) is 72.4 Å². The Kier molecular flexibility index (Phi) is 5.05. The molecule has 0 saturated carbocycles. The molecule has 2 saturated heterocycles. The number of carbonyl (C=O) groups is 1. The van der Waals surface area contributed by atoms with Crippen molar-refractivity contribution in [3.05, 3.63) is 53.3 Å². The number of hydrogen-bond donors (Lipinski definition) is 0. The average molecular weight is 402 g/mol. The minimum Gasteiger partial charge on any atom is -0.336 e. The van der Waals surface area contributed by atoms with Crippen molar-refractivity contribution >= 4 is 15.7 Å². The normalized spacial score (nSPS) is 22.5. The second-order valence-electron chi connectivity index (χ2n) is 7.88. The number of amides is 1. The summed E-state index contributed by atoms with van der Waals surface area (Å²) in [5.41, 5.74) is 4.09. The van der Waals surface area contributed by atoms with Crippen molar-refractivity contribution in [3.8, 4) is 5.69 Å². The number of hydrogen-bond acceptors (Lipinski definition) is 4. The number of aryl methyl sites for hydroxylation is 2. The van der Waals surface area contributed by atoms with Crippen LogP contribution in [0.3, 0.4) is 0 Å². The third-order valence-electron chi connectivity index (χ3n) is 5.97. The van der Waals surface area contributed by atoms with E-state index in [9.17, 15) is 13.2 Å². The maximum atomic E-state index is 12.9. The van der Waals surface area contributed by atoms with Gasteiger partial charge in [-0.15, -0.1) is 0 Å². The molecular formula is C21H27N3O3S. The lowest BCUT2D eigenvalue weighted by Crippen LogP contribution is -2.52. The van der Waals surface area contributed by atoms with Gasteiger partial charge in [-0.05, 0) is 56.7 Å². The van der Waals surface area contributed by atoms with Crippen molar-refractivity contribution in [2.24, 2.45) is 0 Å². The first kappa shape index (κ1) is 19.2. The number of rotatable bonds is 3. The van der Waals surface area contributed by atoms with E-state index < -0.39 is 9.84 Å². The van der Waals surface area contributed by atoms with Crippen molar-refractivity contribution in [1.29, 1.82) is 0 Å². The summed E-state index contributed by atoms with van der Waals surface area (Å²) in [5.74, 6) is 0.607. The average Bonchev–Trinajstić information content (AvgIpc) is 3.22. The maximum Gasteiger partial charge on any atom is 0.253 e. The summed E-state index contributed by atoms with van der Waals surface area (Å²) in [7, 11) is -2.87. The highest BCUT2D eigenvalue weighted by Crippen LogP contribution is 2.21. The molecule has 6 nitrogen and oxygen atoms in total. The summed E-state index contributed by atoms with van der Waals surface area (Å²) in [6.07, 6.45) is 0.718. The third-order valence-corrected chi connectivity index (χ3v) is 7.72. The fourth-order valence-electron chi connectivity index (χ4n) is 4.36. The minimum atomic E-state index is -2.87. The van der Waals surface area contributed by atoms with Crippen LogP contribution in [0.5, 0.6) is 0 Å². The Balaban J connectivity index is 1.39.